The topological polar surface area (TPSA) is 83.2 Å². The molecule has 22 heavy (non-hydrogen) atoms. The first kappa shape index (κ1) is 13.9. The minimum absolute atomic E-state index is 0.221. The summed E-state index contributed by atoms with van der Waals surface area (Å²) in [5.41, 5.74) is 3.20. The monoisotopic (exact) mass is 297 g/mol. The van der Waals surface area contributed by atoms with Crippen molar-refractivity contribution in [1.29, 1.82) is 5.26 Å². The lowest BCUT2D eigenvalue weighted by Gasteiger charge is -2.12. The molecule has 1 aliphatic rings. The molecule has 0 bridgehead atoms. The van der Waals surface area contributed by atoms with E-state index < -0.39 is 0 Å². The van der Waals surface area contributed by atoms with E-state index in [4.69, 9.17) is 10.00 Å². The van der Waals surface area contributed by atoms with Gasteiger partial charge in [-0.05, 0) is 18.2 Å². The van der Waals surface area contributed by atoms with Crippen LogP contribution < -0.4 is 10.1 Å². The Hall–Kier alpha value is -3.01. The molecule has 112 valence electrons. The molecule has 0 saturated heterocycles. The van der Waals surface area contributed by atoms with Gasteiger partial charge in [0.2, 0.25) is 0 Å². The van der Waals surface area contributed by atoms with Crippen LogP contribution in [0.25, 0.3) is 5.69 Å². The third-order valence-electron chi connectivity index (χ3n) is 3.70. The van der Waals surface area contributed by atoms with Gasteiger partial charge in [-0.15, -0.1) is 0 Å². The molecule has 0 aliphatic carbocycles. The Bertz CT molecular complexity index is 775. The SMILES string of the molecule is CNC(=O)c1cc(-n2ncc3c2CN(C#N)C3)ccc1OC. The van der Waals surface area contributed by atoms with Crippen LogP contribution in [0, 0.1) is 11.5 Å². The number of nitrogens with one attached hydrogen (secondary N) is 1. The summed E-state index contributed by atoms with van der Waals surface area (Å²) in [4.78, 5) is 13.6. The van der Waals surface area contributed by atoms with Crippen LogP contribution in [-0.4, -0.2) is 34.7 Å². The maximum Gasteiger partial charge on any atom is 0.254 e. The van der Waals surface area contributed by atoms with Crippen LogP contribution in [0.1, 0.15) is 21.6 Å². The van der Waals surface area contributed by atoms with E-state index in [1.54, 1.807) is 35.0 Å². The lowest BCUT2D eigenvalue weighted by molar-refractivity contribution is 0.0960. The maximum absolute atomic E-state index is 12.0. The number of nitriles is 1. The first-order valence-electron chi connectivity index (χ1n) is 6.79. The predicted octanol–water partition coefficient (Wildman–Crippen LogP) is 1.04. The van der Waals surface area contributed by atoms with E-state index in [-0.39, 0.29) is 5.91 Å². The Labute approximate surface area is 127 Å². The Balaban J connectivity index is 2.04. The first-order valence-corrected chi connectivity index (χ1v) is 6.79. The second kappa shape index (κ2) is 5.41. The van der Waals surface area contributed by atoms with Crippen LogP contribution in [0.5, 0.6) is 5.75 Å². The molecule has 1 aromatic carbocycles. The largest absolute Gasteiger partial charge is 0.496 e. The zero-order valence-corrected chi connectivity index (χ0v) is 12.3. The van der Waals surface area contributed by atoms with Crippen molar-refractivity contribution < 1.29 is 9.53 Å². The summed E-state index contributed by atoms with van der Waals surface area (Å²) in [5.74, 6) is 0.284. The molecule has 2 heterocycles. The highest BCUT2D eigenvalue weighted by atomic mass is 16.5. The van der Waals surface area contributed by atoms with Crippen molar-refractivity contribution in [2.24, 2.45) is 0 Å². The molecular weight excluding hydrogens is 282 g/mol. The molecule has 0 fully saturated rings. The van der Waals surface area contributed by atoms with Crippen LogP contribution in [0.4, 0.5) is 0 Å². The fraction of sp³-hybridized carbons (Fsp3) is 0.267. The highest BCUT2D eigenvalue weighted by Gasteiger charge is 2.24. The number of methoxy groups -OCH3 is 1. The van der Waals surface area contributed by atoms with Gasteiger partial charge in [0.1, 0.15) is 5.75 Å². The van der Waals surface area contributed by atoms with Crippen molar-refractivity contribution in [3.63, 3.8) is 0 Å². The molecule has 3 rings (SSSR count). The first-order chi connectivity index (χ1) is 10.7. The molecule has 1 aliphatic heterocycles. The summed E-state index contributed by atoms with van der Waals surface area (Å²) in [6.07, 6.45) is 3.90. The molecule has 1 N–H and O–H groups in total. The normalized spacial score (nSPS) is 12.7. The van der Waals surface area contributed by atoms with E-state index in [1.807, 2.05) is 6.07 Å². The number of ether oxygens (including phenoxy) is 1. The van der Waals surface area contributed by atoms with Gasteiger partial charge < -0.3 is 15.0 Å². The zero-order valence-electron chi connectivity index (χ0n) is 12.3. The molecule has 0 spiro atoms. The number of carbonyl (C=O) groups excluding carboxylic acids is 1. The molecular formula is C15H15N5O2. The average molecular weight is 297 g/mol. The van der Waals surface area contributed by atoms with E-state index in [0.717, 1.165) is 16.9 Å². The van der Waals surface area contributed by atoms with Gasteiger partial charge in [-0.2, -0.15) is 10.4 Å². The van der Waals surface area contributed by atoms with Crippen molar-refractivity contribution in [2.45, 2.75) is 13.1 Å². The lowest BCUT2D eigenvalue weighted by atomic mass is 10.1. The summed E-state index contributed by atoms with van der Waals surface area (Å²) in [5, 5.41) is 16.0. The number of hydrogen-bond donors (Lipinski definition) is 1. The molecule has 1 amide bonds. The number of carbonyl (C=O) groups is 1. The van der Waals surface area contributed by atoms with E-state index in [0.29, 0.717) is 24.4 Å². The standard InChI is InChI=1S/C15H15N5O2/c1-17-15(21)12-5-11(3-4-14(12)22-2)20-13-8-19(9-16)7-10(13)6-18-20/h3-6H,7-8H2,1-2H3,(H,17,21). The van der Waals surface area contributed by atoms with Crippen molar-refractivity contribution in [2.75, 3.05) is 14.2 Å². The van der Waals surface area contributed by atoms with Gasteiger partial charge in [-0.25, -0.2) is 4.68 Å². The summed E-state index contributed by atoms with van der Waals surface area (Å²) in [6, 6.07) is 5.32. The number of hydrogen-bond acceptors (Lipinski definition) is 5. The van der Waals surface area contributed by atoms with Gasteiger partial charge in [0.25, 0.3) is 5.91 Å². The van der Waals surface area contributed by atoms with Gasteiger partial charge >= 0.3 is 0 Å². The number of nitrogens with zero attached hydrogens (tertiary/aromatic N) is 4. The molecule has 7 nitrogen and oxygen atoms in total. The van der Waals surface area contributed by atoms with E-state index in [2.05, 4.69) is 16.6 Å². The van der Waals surface area contributed by atoms with E-state index in [1.165, 1.54) is 7.11 Å². The fourth-order valence-corrected chi connectivity index (χ4v) is 2.58. The zero-order chi connectivity index (χ0) is 15.7. The number of fused-ring (bicyclic) bond motifs is 1. The smallest absolute Gasteiger partial charge is 0.254 e. The maximum atomic E-state index is 12.0. The Morgan fingerprint density at radius 2 is 2.27 bits per heavy atom. The molecule has 2 aromatic rings. The third kappa shape index (κ3) is 2.15. The predicted molar refractivity (Wildman–Crippen MR) is 78.4 cm³/mol. The molecule has 0 radical (unpaired) electrons. The van der Waals surface area contributed by atoms with Gasteiger partial charge in [0.05, 0.1) is 43.3 Å². The molecule has 7 heteroatoms. The fourth-order valence-electron chi connectivity index (χ4n) is 2.58. The highest BCUT2D eigenvalue weighted by molar-refractivity contribution is 5.97. The van der Waals surface area contributed by atoms with Crippen LogP contribution in [0.2, 0.25) is 0 Å². The number of aromatic nitrogens is 2. The van der Waals surface area contributed by atoms with Crippen molar-refractivity contribution in [1.82, 2.24) is 20.0 Å². The van der Waals surface area contributed by atoms with Gasteiger partial charge in [0.15, 0.2) is 6.19 Å². The van der Waals surface area contributed by atoms with Gasteiger partial charge in [0, 0.05) is 12.6 Å². The third-order valence-corrected chi connectivity index (χ3v) is 3.70. The lowest BCUT2D eigenvalue weighted by Crippen LogP contribution is -2.19. The van der Waals surface area contributed by atoms with Crippen LogP contribution in [0.15, 0.2) is 24.4 Å². The summed E-state index contributed by atoms with van der Waals surface area (Å²) < 4.78 is 6.99. The minimum Gasteiger partial charge on any atom is -0.496 e. The van der Waals surface area contributed by atoms with Crippen LogP contribution >= 0.6 is 0 Å². The van der Waals surface area contributed by atoms with Gasteiger partial charge in [-0.3, -0.25) is 4.79 Å². The van der Waals surface area contributed by atoms with Crippen LogP contribution in [-0.2, 0) is 13.1 Å². The summed E-state index contributed by atoms with van der Waals surface area (Å²) in [6.45, 7) is 1.09. The Morgan fingerprint density at radius 1 is 1.45 bits per heavy atom. The van der Waals surface area contributed by atoms with Crippen molar-refractivity contribution >= 4 is 5.91 Å². The summed E-state index contributed by atoms with van der Waals surface area (Å²) in [7, 11) is 3.10. The van der Waals surface area contributed by atoms with E-state index >= 15 is 0 Å². The average Bonchev–Trinajstić information content (AvgIpc) is 3.13. The number of amides is 1. The molecule has 0 saturated carbocycles. The molecule has 0 unspecified atom stereocenters. The quantitative estimate of drug-likeness (QED) is 0.856. The Kier molecular flexibility index (Phi) is 3.43. The van der Waals surface area contributed by atoms with E-state index in [9.17, 15) is 4.79 Å². The highest BCUT2D eigenvalue weighted by Crippen LogP contribution is 2.27. The number of benzene rings is 1. The molecule has 1 aromatic heterocycles. The van der Waals surface area contributed by atoms with Crippen molar-refractivity contribution in [3.05, 3.63) is 41.2 Å². The Morgan fingerprint density at radius 3 is 2.95 bits per heavy atom. The second-order valence-electron chi connectivity index (χ2n) is 4.95. The summed E-state index contributed by atoms with van der Waals surface area (Å²) >= 11 is 0. The minimum atomic E-state index is -0.221. The second-order valence-corrected chi connectivity index (χ2v) is 4.95. The molecule has 0 atom stereocenters. The number of rotatable bonds is 3. The van der Waals surface area contributed by atoms with Crippen LogP contribution in [0.3, 0.4) is 0 Å². The van der Waals surface area contributed by atoms with Crippen molar-refractivity contribution in [3.8, 4) is 17.6 Å². The van der Waals surface area contributed by atoms with Gasteiger partial charge in [-0.1, -0.05) is 0 Å².